The van der Waals surface area contributed by atoms with Gasteiger partial charge in [-0.25, -0.2) is 0 Å². The van der Waals surface area contributed by atoms with Crippen LogP contribution in [0.3, 0.4) is 0 Å². The van der Waals surface area contributed by atoms with E-state index < -0.39 is 0 Å². The van der Waals surface area contributed by atoms with E-state index in [2.05, 4.69) is 20.7 Å². The highest BCUT2D eigenvalue weighted by atomic mass is 79.9. The van der Waals surface area contributed by atoms with Crippen LogP contribution in [-0.4, -0.2) is 43.8 Å². The van der Waals surface area contributed by atoms with Gasteiger partial charge in [0.2, 0.25) is 0 Å². The van der Waals surface area contributed by atoms with Gasteiger partial charge in [0.15, 0.2) is 0 Å². The molecule has 0 spiro atoms. The van der Waals surface area contributed by atoms with Crippen LogP contribution in [0.4, 0.5) is 0 Å². The molecule has 0 N–H and O–H groups in total. The van der Waals surface area contributed by atoms with Gasteiger partial charge in [-0.05, 0) is 12.8 Å². The summed E-state index contributed by atoms with van der Waals surface area (Å²) in [4.78, 5) is 10.6. The molecule has 0 amide bonds. The van der Waals surface area contributed by atoms with Gasteiger partial charge in [0.25, 0.3) is 0 Å². The summed E-state index contributed by atoms with van der Waals surface area (Å²) >= 11 is 3.17. The third-order valence-corrected chi connectivity index (χ3v) is 2.69. The lowest BCUT2D eigenvalue weighted by molar-refractivity contribution is -0.141. The monoisotopic (exact) mass is 266 g/mol. The minimum atomic E-state index is -0.381. The minimum Gasteiger partial charge on any atom is -0.468 e. The molecule has 0 radical (unpaired) electrons. The van der Waals surface area contributed by atoms with Crippen LogP contribution in [0, 0.1) is 0 Å². The summed E-state index contributed by atoms with van der Waals surface area (Å²) in [7, 11) is 1.36. The largest absolute Gasteiger partial charge is 0.468 e. The molecule has 82 valence electrons. The van der Waals surface area contributed by atoms with Crippen molar-refractivity contribution in [1.82, 2.24) is 0 Å². The summed E-state index contributed by atoms with van der Waals surface area (Å²) in [5.41, 5.74) is 0. The number of ether oxygens (including phenoxy) is 3. The normalized spacial score (nSPS) is 23.4. The van der Waals surface area contributed by atoms with Crippen molar-refractivity contribution in [3.63, 3.8) is 0 Å². The zero-order chi connectivity index (χ0) is 10.4. The second-order valence-electron chi connectivity index (χ2n) is 3.16. The molecule has 0 aliphatic carbocycles. The van der Waals surface area contributed by atoms with E-state index in [-0.39, 0.29) is 16.9 Å². The van der Waals surface area contributed by atoms with Crippen molar-refractivity contribution < 1.29 is 19.0 Å². The summed E-state index contributed by atoms with van der Waals surface area (Å²) in [6, 6.07) is 0. The molecule has 1 fully saturated rings. The number of methoxy groups -OCH3 is 1. The van der Waals surface area contributed by atoms with Crippen LogP contribution in [-0.2, 0) is 19.0 Å². The van der Waals surface area contributed by atoms with Gasteiger partial charge in [-0.3, -0.25) is 4.79 Å². The molecule has 0 aromatic heterocycles. The van der Waals surface area contributed by atoms with Crippen LogP contribution in [0.1, 0.15) is 12.8 Å². The lowest BCUT2D eigenvalue weighted by Gasteiger charge is -2.12. The topological polar surface area (TPSA) is 44.8 Å². The number of hydrogen-bond acceptors (Lipinski definition) is 4. The predicted octanol–water partition coefficient (Wildman–Crippen LogP) is 1.12. The molecule has 1 rings (SSSR count). The first-order chi connectivity index (χ1) is 6.74. The predicted molar refractivity (Wildman–Crippen MR) is 54.5 cm³/mol. The van der Waals surface area contributed by atoms with E-state index in [1.54, 1.807) is 0 Å². The molecular formula is C9H15BrO4. The number of halogens is 1. The fraction of sp³-hybridized carbons (Fsp3) is 0.889. The maximum atomic E-state index is 11.0. The van der Waals surface area contributed by atoms with Gasteiger partial charge in [-0.2, -0.15) is 0 Å². The Kier molecular flexibility index (Phi) is 5.44. The number of esters is 1. The van der Waals surface area contributed by atoms with E-state index in [0.29, 0.717) is 13.2 Å². The Balaban J connectivity index is 2.05. The van der Waals surface area contributed by atoms with E-state index in [1.807, 2.05) is 0 Å². The lowest BCUT2D eigenvalue weighted by atomic mass is 10.2. The number of carbonyl (C=O) groups is 1. The van der Waals surface area contributed by atoms with Gasteiger partial charge >= 0.3 is 5.97 Å². The van der Waals surface area contributed by atoms with Crippen LogP contribution in [0.5, 0.6) is 0 Å². The Hall–Kier alpha value is -0.130. The number of carbonyl (C=O) groups excluding carboxylic acids is 1. The van der Waals surface area contributed by atoms with Crippen molar-refractivity contribution >= 4 is 21.9 Å². The molecule has 0 bridgehead atoms. The maximum Gasteiger partial charge on any atom is 0.321 e. The molecule has 2 unspecified atom stereocenters. The zero-order valence-corrected chi connectivity index (χ0v) is 9.79. The summed E-state index contributed by atoms with van der Waals surface area (Å²) < 4.78 is 15.2. The Morgan fingerprint density at radius 1 is 1.71 bits per heavy atom. The van der Waals surface area contributed by atoms with Crippen molar-refractivity contribution in [2.75, 3.05) is 26.9 Å². The molecule has 0 aromatic rings. The highest BCUT2D eigenvalue weighted by Crippen LogP contribution is 2.12. The first-order valence-corrected chi connectivity index (χ1v) is 5.57. The van der Waals surface area contributed by atoms with Crippen molar-refractivity contribution in [2.24, 2.45) is 0 Å². The second-order valence-corrected chi connectivity index (χ2v) is 4.27. The van der Waals surface area contributed by atoms with E-state index >= 15 is 0 Å². The van der Waals surface area contributed by atoms with Gasteiger partial charge in [0.05, 0.1) is 26.4 Å². The molecule has 4 nitrogen and oxygen atoms in total. The van der Waals surface area contributed by atoms with Gasteiger partial charge in [-0.15, -0.1) is 0 Å². The quantitative estimate of drug-likeness (QED) is 0.553. The molecule has 1 saturated heterocycles. The molecule has 2 atom stereocenters. The van der Waals surface area contributed by atoms with E-state index in [1.165, 1.54) is 7.11 Å². The van der Waals surface area contributed by atoms with Gasteiger partial charge in [0, 0.05) is 6.61 Å². The minimum absolute atomic E-state index is 0.201. The molecule has 0 saturated carbocycles. The SMILES string of the molecule is COC(=O)C(Br)COCC1CCCO1. The Labute approximate surface area is 92.0 Å². The Morgan fingerprint density at radius 3 is 3.07 bits per heavy atom. The number of rotatable bonds is 5. The molecule has 1 aliphatic rings. The Bertz CT molecular complexity index is 180. The van der Waals surface area contributed by atoms with Crippen molar-refractivity contribution in [3.05, 3.63) is 0 Å². The Morgan fingerprint density at radius 2 is 2.50 bits per heavy atom. The third kappa shape index (κ3) is 3.94. The summed E-state index contributed by atoms with van der Waals surface area (Å²) in [5.74, 6) is -0.308. The maximum absolute atomic E-state index is 11.0. The van der Waals surface area contributed by atoms with Crippen LogP contribution in [0.15, 0.2) is 0 Å². The summed E-state index contributed by atoms with van der Waals surface area (Å²) in [6.07, 6.45) is 2.35. The zero-order valence-electron chi connectivity index (χ0n) is 8.20. The molecule has 1 heterocycles. The molecule has 0 aromatic carbocycles. The van der Waals surface area contributed by atoms with Gasteiger partial charge in [0.1, 0.15) is 4.83 Å². The number of hydrogen-bond donors (Lipinski definition) is 0. The molecular weight excluding hydrogens is 252 g/mol. The fourth-order valence-electron chi connectivity index (χ4n) is 1.27. The average molecular weight is 267 g/mol. The summed E-state index contributed by atoms with van der Waals surface area (Å²) in [5, 5.41) is 0. The smallest absolute Gasteiger partial charge is 0.321 e. The first kappa shape index (κ1) is 11.9. The number of alkyl halides is 1. The van der Waals surface area contributed by atoms with Gasteiger partial charge in [-0.1, -0.05) is 15.9 Å². The van der Waals surface area contributed by atoms with E-state index in [9.17, 15) is 4.79 Å². The van der Waals surface area contributed by atoms with Crippen LogP contribution < -0.4 is 0 Å². The second kappa shape index (κ2) is 6.37. The average Bonchev–Trinajstić information content (AvgIpc) is 2.69. The van der Waals surface area contributed by atoms with Crippen LogP contribution >= 0.6 is 15.9 Å². The summed E-state index contributed by atoms with van der Waals surface area (Å²) in [6.45, 7) is 1.70. The van der Waals surface area contributed by atoms with Crippen molar-refractivity contribution in [2.45, 2.75) is 23.8 Å². The van der Waals surface area contributed by atoms with E-state index in [0.717, 1.165) is 19.4 Å². The standard InChI is InChI=1S/C9H15BrO4/c1-12-9(11)8(10)6-13-5-7-3-2-4-14-7/h7-8H,2-6H2,1H3. The van der Waals surface area contributed by atoms with Gasteiger partial charge < -0.3 is 14.2 Å². The van der Waals surface area contributed by atoms with Crippen LogP contribution in [0.2, 0.25) is 0 Å². The van der Waals surface area contributed by atoms with Crippen LogP contribution in [0.25, 0.3) is 0 Å². The lowest BCUT2D eigenvalue weighted by Crippen LogP contribution is -2.24. The van der Waals surface area contributed by atoms with Crippen molar-refractivity contribution in [1.29, 1.82) is 0 Å². The highest BCUT2D eigenvalue weighted by Gasteiger charge is 2.18. The molecule has 1 aliphatic heterocycles. The first-order valence-electron chi connectivity index (χ1n) is 4.65. The highest BCUT2D eigenvalue weighted by molar-refractivity contribution is 9.10. The van der Waals surface area contributed by atoms with E-state index in [4.69, 9.17) is 9.47 Å². The molecule has 5 heteroatoms. The van der Waals surface area contributed by atoms with Crippen molar-refractivity contribution in [3.8, 4) is 0 Å². The fourth-order valence-corrected chi connectivity index (χ4v) is 1.65. The molecule has 14 heavy (non-hydrogen) atoms. The third-order valence-electron chi connectivity index (χ3n) is 2.05.